The molecule has 0 bridgehead atoms. The highest BCUT2D eigenvalue weighted by Crippen LogP contribution is 2.56. The maximum atomic E-state index is 14.3. The van der Waals surface area contributed by atoms with Crippen LogP contribution in [0.1, 0.15) is 78.4 Å². The molecular formula is C30H34F3N5O2. The van der Waals surface area contributed by atoms with Gasteiger partial charge >= 0.3 is 6.18 Å². The summed E-state index contributed by atoms with van der Waals surface area (Å²) >= 11 is 0. The summed E-state index contributed by atoms with van der Waals surface area (Å²) in [4.78, 5) is 15.1. The maximum absolute atomic E-state index is 14.3. The SMILES string of the molecule is COC1CC(c2cccc(N3Cc4c(cc(CN[C@@]56CCC[C@@H]5C6)cc4C(F)(F)F)C3=O)c2)(c2nncn2C)C1.[HH]. The van der Waals surface area contributed by atoms with E-state index in [4.69, 9.17) is 4.74 Å². The van der Waals surface area contributed by atoms with Gasteiger partial charge in [-0.1, -0.05) is 18.6 Å². The van der Waals surface area contributed by atoms with E-state index in [9.17, 15) is 18.0 Å². The number of anilines is 1. The van der Waals surface area contributed by atoms with Crippen LogP contribution in [0.3, 0.4) is 0 Å². The first-order valence-corrected chi connectivity index (χ1v) is 13.9. The van der Waals surface area contributed by atoms with Crippen molar-refractivity contribution >= 4 is 11.6 Å². The van der Waals surface area contributed by atoms with E-state index in [0.29, 0.717) is 36.6 Å². The van der Waals surface area contributed by atoms with Gasteiger partial charge in [0.25, 0.3) is 5.91 Å². The normalized spacial score (nSPS) is 28.9. The van der Waals surface area contributed by atoms with Gasteiger partial charge in [0, 0.05) is 38.9 Å². The molecule has 2 atom stereocenters. The molecule has 4 aliphatic rings. The van der Waals surface area contributed by atoms with Crippen molar-refractivity contribution in [1.29, 1.82) is 0 Å². The van der Waals surface area contributed by atoms with Gasteiger partial charge in [-0.25, -0.2) is 0 Å². The van der Waals surface area contributed by atoms with Gasteiger partial charge in [0.15, 0.2) is 0 Å². The van der Waals surface area contributed by atoms with Gasteiger partial charge in [0.2, 0.25) is 0 Å². The first-order valence-electron chi connectivity index (χ1n) is 13.9. The van der Waals surface area contributed by atoms with Gasteiger partial charge in [0.1, 0.15) is 12.2 Å². The van der Waals surface area contributed by atoms with Gasteiger partial charge < -0.3 is 19.5 Å². The number of carbonyl (C=O) groups excluding carboxylic acids is 1. The van der Waals surface area contributed by atoms with Crippen LogP contribution in [0.4, 0.5) is 18.9 Å². The first-order chi connectivity index (χ1) is 19.1. The Balaban J connectivity index is 0.00000302. The molecular weight excluding hydrogens is 519 g/mol. The molecule has 0 radical (unpaired) electrons. The second-order valence-corrected chi connectivity index (χ2v) is 12.0. The molecule has 2 heterocycles. The molecule has 212 valence electrons. The third kappa shape index (κ3) is 3.90. The summed E-state index contributed by atoms with van der Waals surface area (Å²) in [5.41, 5.74) is 1.10. The predicted molar refractivity (Wildman–Crippen MR) is 144 cm³/mol. The van der Waals surface area contributed by atoms with Crippen molar-refractivity contribution < 1.29 is 24.1 Å². The van der Waals surface area contributed by atoms with Gasteiger partial charge in [-0.3, -0.25) is 4.79 Å². The van der Waals surface area contributed by atoms with Crippen LogP contribution in [0.25, 0.3) is 0 Å². The molecule has 40 heavy (non-hydrogen) atoms. The summed E-state index contributed by atoms with van der Waals surface area (Å²) in [7, 11) is 3.57. The van der Waals surface area contributed by atoms with Crippen LogP contribution >= 0.6 is 0 Å². The number of fused-ring (bicyclic) bond motifs is 2. The number of aromatic nitrogens is 3. The zero-order chi connectivity index (χ0) is 27.9. The van der Waals surface area contributed by atoms with Gasteiger partial charge in [-0.15, -0.1) is 10.2 Å². The molecule has 3 aliphatic carbocycles. The summed E-state index contributed by atoms with van der Waals surface area (Å²) < 4.78 is 50.3. The molecule has 1 aliphatic heterocycles. The van der Waals surface area contributed by atoms with E-state index in [1.807, 2.05) is 29.8 Å². The third-order valence-corrected chi connectivity index (χ3v) is 9.79. The lowest BCUT2D eigenvalue weighted by Gasteiger charge is -2.46. The number of nitrogens with one attached hydrogen (secondary N) is 1. The average molecular weight is 554 g/mol. The number of carbonyl (C=O) groups is 1. The number of benzene rings is 2. The number of hydrogen-bond acceptors (Lipinski definition) is 5. The molecule has 3 aromatic rings. The number of hydrogen-bond donors (Lipinski definition) is 1. The van der Waals surface area contributed by atoms with E-state index < -0.39 is 23.1 Å². The van der Waals surface area contributed by atoms with Crippen molar-refractivity contribution in [3.8, 4) is 0 Å². The Morgan fingerprint density at radius 3 is 2.67 bits per heavy atom. The van der Waals surface area contributed by atoms with E-state index in [1.54, 1.807) is 25.6 Å². The minimum atomic E-state index is -4.55. The van der Waals surface area contributed by atoms with Gasteiger partial charge in [-0.2, -0.15) is 13.2 Å². The zero-order valence-electron chi connectivity index (χ0n) is 22.6. The number of aryl methyl sites for hydroxylation is 1. The third-order valence-electron chi connectivity index (χ3n) is 9.79. The second-order valence-electron chi connectivity index (χ2n) is 12.0. The molecule has 1 N–H and O–H groups in total. The number of rotatable bonds is 7. The Labute approximate surface area is 232 Å². The highest BCUT2D eigenvalue weighted by atomic mass is 19.4. The fourth-order valence-corrected chi connectivity index (χ4v) is 7.46. The van der Waals surface area contributed by atoms with E-state index in [2.05, 4.69) is 15.5 Å². The molecule has 0 saturated heterocycles. The van der Waals surface area contributed by atoms with Crippen LogP contribution in [0, 0.1) is 5.92 Å². The molecule has 0 unspecified atom stereocenters. The van der Waals surface area contributed by atoms with Gasteiger partial charge in [-0.05, 0) is 79.0 Å². The molecule has 7 rings (SSSR count). The molecule has 3 fully saturated rings. The van der Waals surface area contributed by atoms with Gasteiger partial charge in [0.05, 0.1) is 23.6 Å². The van der Waals surface area contributed by atoms with Crippen molar-refractivity contribution in [2.24, 2.45) is 13.0 Å². The Morgan fingerprint density at radius 1 is 1.20 bits per heavy atom. The molecule has 1 aromatic heterocycles. The lowest BCUT2D eigenvalue weighted by Crippen LogP contribution is -2.48. The van der Waals surface area contributed by atoms with Crippen LogP contribution in [0.5, 0.6) is 0 Å². The van der Waals surface area contributed by atoms with Crippen molar-refractivity contribution in [3.63, 3.8) is 0 Å². The molecule has 0 spiro atoms. The highest BCUT2D eigenvalue weighted by Gasteiger charge is 2.56. The minimum Gasteiger partial charge on any atom is -0.381 e. The number of alkyl halides is 3. The van der Waals surface area contributed by atoms with Crippen molar-refractivity contribution in [1.82, 2.24) is 20.1 Å². The van der Waals surface area contributed by atoms with Crippen molar-refractivity contribution in [2.75, 3.05) is 12.0 Å². The van der Waals surface area contributed by atoms with E-state index in [1.165, 1.54) is 17.4 Å². The average Bonchev–Trinajstić information content (AvgIpc) is 3.19. The van der Waals surface area contributed by atoms with E-state index in [-0.39, 0.29) is 30.7 Å². The Bertz CT molecular complexity index is 1500. The quantitative estimate of drug-likeness (QED) is 0.426. The number of ether oxygens (including phenoxy) is 1. The lowest BCUT2D eigenvalue weighted by atomic mass is 9.62. The topological polar surface area (TPSA) is 72.3 Å². The Hall–Kier alpha value is -3.24. The molecule has 2 aromatic carbocycles. The van der Waals surface area contributed by atoms with Crippen molar-refractivity contribution in [2.45, 2.75) is 74.8 Å². The minimum absolute atomic E-state index is 0. The summed E-state index contributed by atoms with van der Waals surface area (Å²) in [5.74, 6) is 1.03. The smallest absolute Gasteiger partial charge is 0.381 e. The molecule has 1 amide bonds. The fraction of sp³-hybridized carbons (Fsp3) is 0.500. The Morgan fingerprint density at radius 2 is 2.02 bits per heavy atom. The van der Waals surface area contributed by atoms with E-state index >= 15 is 0 Å². The molecule has 3 saturated carbocycles. The maximum Gasteiger partial charge on any atom is 0.416 e. The number of amides is 1. The monoisotopic (exact) mass is 553 g/mol. The highest BCUT2D eigenvalue weighted by molar-refractivity contribution is 6.10. The summed E-state index contributed by atoms with van der Waals surface area (Å²) in [6.45, 7) is 0.209. The summed E-state index contributed by atoms with van der Waals surface area (Å²) in [6, 6.07) is 10.4. The zero-order valence-corrected chi connectivity index (χ0v) is 22.6. The van der Waals surface area contributed by atoms with Crippen LogP contribution in [-0.2, 0) is 36.5 Å². The van der Waals surface area contributed by atoms with Crippen LogP contribution in [0.15, 0.2) is 42.7 Å². The largest absolute Gasteiger partial charge is 0.416 e. The lowest BCUT2D eigenvalue weighted by molar-refractivity contribution is -0.138. The second kappa shape index (κ2) is 8.88. The van der Waals surface area contributed by atoms with Crippen molar-refractivity contribution in [3.05, 3.63) is 76.4 Å². The van der Waals surface area contributed by atoms with E-state index in [0.717, 1.165) is 30.7 Å². The van der Waals surface area contributed by atoms with Crippen LogP contribution in [0.2, 0.25) is 0 Å². The number of halogens is 3. The molecule has 7 nitrogen and oxygen atoms in total. The standard InChI is InChI=1S/C30H32F3N5O2.H2/c1-37-17-35-36-27(37)28(13-22(14-28)40-2)19-5-3-7-21(11-19)38-16-24-23(26(38)39)9-18(10-25(24)30(31,32)33)15-34-29-8-4-6-20(29)12-29;/h3,5,7,9-11,17,20,22,34H,4,6,8,12-16H2,1-2H3;1H/t20-,22?,28?,29-;/m1./s1. The number of nitrogens with zero attached hydrogens (tertiary/aromatic N) is 4. The van der Waals surface area contributed by atoms with Crippen LogP contribution < -0.4 is 10.2 Å². The summed E-state index contributed by atoms with van der Waals surface area (Å²) in [5, 5.41) is 12.0. The van der Waals surface area contributed by atoms with Crippen LogP contribution in [-0.4, -0.2) is 39.4 Å². The fourth-order valence-electron chi connectivity index (χ4n) is 7.46. The first kappa shape index (κ1) is 25.7. The Kier molecular flexibility index (Phi) is 5.71. The predicted octanol–water partition coefficient (Wildman–Crippen LogP) is 5.37. The molecule has 10 heteroatoms. The summed E-state index contributed by atoms with van der Waals surface area (Å²) in [6.07, 6.45) is 3.06. The number of methoxy groups -OCH3 is 1.